The molecule has 0 heterocycles. The van der Waals surface area contributed by atoms with Gasteiger partial charge in [-0.2, -0.15) is 0 Å². The van der Waals surface area contributed by atoms with E-state index in [2.05, 4.69) is 13.8 Å². The largest absolute Gasteiger partial charge is 0.492 e. The third kappa shape index (κ3) is 25.2. The number of phosphoric ester groups is 1. The van der Waals surface area contributed by atoms with Crippen molar-refractivity contribution in [2.45, 2.75) is 167 Å². The molecule has 0 bridgehead atoms. The van der Waals surface area contributed by atoms with Gasteiger partial charge in [0.25, 0.3) is 0 Å². The number of hydrogen-bond acceptors (Lipinski definition) is 10. The van der Waals surface area contributed by atoms with Gasteiger partial charge in [0.2, 0.25) is 0 Å². The summed E-state index contributed by atoms with van der Waals surface area (Å²) in [6.45, 7) is 3.72. The van der Waals surface area contributed by atoms with E-state index in [1.165, 1.54) is 70.5 Å². The molecular formula is C39H72NO10P. The Bertz CT molecular complexity index is 993. The maximum absolute atomic E-state index is 12.5. The fourth-order valence-corrected chi connectivity index (χ4v) is 6.95. The van der Waals surface area contributed by atoms with E-state index in [9.17, 15) is 29.6 Å². The second kappa shape index (κ2) is 30.9. The van der Waals surface area contributed by atoms with Crippen LogP contribution < -0.4 is 5.73 Å². The Morgan fingerprint density at radius 3 is 2.12 bits per heavy atom. The van der Waals surface area contributed by atoms with Crippen LogP contribution in [0.25, 0.3) is 0 Å². The van der Waals surface area contributed by atoms with E-state index < -0.39 is 38.2 Å². The van der Waals surface area contributed by atoms with Gasteiger partial charge >= 0.3 is 13.8 Å². The number of carbonyl (C=O) groups excluding carboxylic acids is 1. The summed E-state index contributed by atoms with van der Waals surface area (Å²) in [5.74, 6) is -1.05. The van der Waals surface area contributed by atoms with Crippen LogP contribution in [0.15, 0.2) is 36.6 Å². The highest BCUT2D eigenvalue weighted by atomic mass is 31.2. The number of ether oxygens (including phenoxy) is 2. The summed E-state index contributed by atoms with van der Waals surface area (Å²) in [5.41, 5.74) is 5.35. The van der Waals surface area contributed by atoms with E-state index in [4.69, 9.17) is 24.3 Å². The van der Waals surface area contributed by atoms with Crippen LogP contribution in [-0.4, -0.2) is 77.0 Å². The molecule has 298 valence electrons. The number of carbonyl (C=O) groups is 1. The van der Waals surface area contributed by atoms with Gasteiger partial charge in [-0.25, -0.2) is 4.57 Å². The molecule has 1 saturated carbocycles. The van der Waals surface area contributed by atoms with Crippen molar-refractivity contribution in [3.8, 4) is 0 Å². The summed E-state index contributed by atoms with van der Waals surface area (Å²) < 4.78 is 33.0. The monoisotopic (exact) mass is 745 g/mol. The summed E-state index contributed by atoms with van der Waals surface area (Å²) in [5, 5.41) is 31.2. The molecule has 0 aromatic carbocycles. The first-order valence-electron chi connectivity index (χ1n) is 19.8. The highest BCUT2D eigenvalue weighted by Gasteiger charge is 2.39. The Hall–Kier alpha value is -1.56. The second-order valence-electron chi connectivity index (χ2n) is 13.8. The van der Waals surface area contributed by atoms with E-state index in [0.717, 1.165) is 38.5 Å². The Balaban J connectivity index is 2.48. The quantitative estimate of drug-likeness (QED) is 0.0146. The third-order valence-corrected chi connectivity index (χ3v) is 10.2. The Morgan fingerprint density at radius 1 is 0.843 bits per heavy atom. The molecule has 51 heavy (non-hydrogen) atoms. The number of phosphoric acid groups is 1. The molecule has 1 aliphatic rings. The third-order valence-electron chi connectivity index (χ3n) is 9.25. The minimum Gasteiger partial charge on any atom is -0.492 e. The summed E-state index contributed by atoms with van der Waals surface area (Å²) in [6.07, 6.45) is 28.1. The van der Waals surface area contributed by atoms with E-state index in [0.29, 0.717) is 12.8 Å². The molecule has 11 nitrogen and oxygen atoms in total. The van der Waals surface area contributed by atoms with Crippen molar-refractivity contribution >= 4 is 13.8 Å². The Labute approximate surface area is 308 Å². The maximum atomic E-state index is 12.5. The minimum atomic E-state index is -4.34. The first-order valence-corrected chi connectivity index (χ1v) is 21.3. The lowest BCUT2D eigenvalue weighted by Crippen LogP contribution is -2.25. The zero-order chi connectivity index (χ0) is 37.6. The molecule has 0 saturated heterocycles. The predicted octanol–water partition coefficient (Wildman–Crippen LogP) is 7.80. The fourth-order valence-electron chi connectivity index (χ4n) is 6.19. The smallest absolute Gasteiger partial charge is 0.472 e. The van der Waals surface area contributed by atoms with Crippen molar-refractivity contribution in [3.05, 3.63) is 36.6 Å². The molecule has 0 aromatic heterocycles. The van der Waals surface area contributed by atoms with Crippen LogP contribution in [0.1, 0.15) is 142 Å². The molecule has 12 heteroatoms. The molecule has 1 unspecified atom stereocenters. The first-order chi connectivity index (χ1) is 24.6. The number of unbranched alkanes of at least 4 members (excludes halogenated alkanes) is 14. The topological polar surface area (TPSA) is 178 Å². The predicted molar refractivity (Wildman–Crippen MR) is 203 cm³/mol. The standard InChI is InChI=1S/C39H72NO10P/c1-3-5-7-8-9-10-11-12-13-14-15-16-17-21-28-47-34(32-50-51(45,46)49-29-27-40)31-48-39(44)24-20-19-23-35-36(38(43)30-37(35)42)26-25-33(41)22-18-6-4-2/h19-21,25-26,28,33-38,41-43H,3-18,22-24,27,29-32,40H2,1-2H3,(H,45,46)/b20-19-,26-25+,28-21+/t33-,34-,35+,36-,37+,38-/m1/s1. The lowest BCUT2D eigenvalue weighted by atomic mass is 9.89. The lowest BCUT2D eigenvalue weighted by Gasteiger charge is -2.20. The molecule has 0 radical (unpaired) electrons. The highest BCUT2D eigenvalue weighted by molar-refractivity contribution is 7.47. The number of aliphatic hydroxyl groups is 3. The van der Waals surface area contributed by atoms with Gasteiger partial charge in [-0.05, 0) is 37.7 Å². The van der Waals surface area contributed by atoms with Gasteiger partial charge in [0.15, 0.2) is 6.10 Å². The lowest BCUT2D eigenvalue weighted by molar-refractivity contribution is -0.146. The second-order valence-corrected chi connectivity index (χ2v) is 15.3. The Morgan fingerprint density at radius 2 is 1.47 bits per heavy atom. The summed E-state index contributed by atoms with van der Waals surface area (Å²) in [7, 11) is -4.34. The molecule has 0 aromatic rings. The summed E-state index contributed by atoms with van der Waals surface area (Å²) in [4.78, 5) is 22.4. The number of aliphatic hydroxyl groups excluding tert-OH is 3. The molecule has 0 spiro atoms. The zero-order valence-electron chi connectivity index (χ0n) is 31.7. The van der Waals surface area contributed by atoms with Gasteiger partial charge < -0.3 is 35.4 Å². The van der Waals surface area contributed by atoms with E-state index in [1.807, 2.05) is 12.2 Å². The maximum Gasteiger partial charge on any atom is 0.472 e. The molecule has 1 aliphatic carbocycles. The van der Waals surface area contributed by atoms with Crippen LogP contribution >= 0.6 is 7.82 Å². The molecule has 7 atom stereocenters. The van der Waals surface area contributed by atoms with Gasteiger partial charge in [-0.3, -0.25) is 13.8 Å². The average molecular weight is 746 g/mol. The fraction of sp³-hybridized carbons (Fsp3) is 0.821. The van der Waals surface area contributed by atoms with Gasteiger partial charge in [0, 0.05) is 18.9 Å². The van der Waals surface area contributed by atoms with Crippen molar-refractivity contribution in [2.24, 2.45) is 17.6 Å². The molecule has 6 N–H and O–H groups in total. The van der Waals surface area contributed by atoms with Crippen LogP contribution in [0, 0.1) is 11.8 Å². The number of esters is 1. The SMILES string of the molecule is CCCCCCCCCCCCCC/C=C/O[C@H](COC(=O)C/C=C\C[C@H]1[C@@H](/C=C/[C@H](O)CCCCC)[C@H](O)C[C@@H]1O)COP(=O)(O)OCCN. The van der Waals surface area contributed by atoms with Gasteiger partial charge in [-0.1, -0.05) is 128 Å². The van der Waals surface area contributed by atoms with Crippen LogP contribution in [0.4, 0.5) is 0 Å². The van der Waals surface area contributed by atoms with Crippen LogP contribution in [-0.2, 0) is 27.9 Å². The average Bonchev–Trinajstić information content (AvgIpc) is 3.38. The Kier molecular flexibility index (Phi) is 28.7. The normalized spacial score (nSPS) is 21.9. The zero-order valence-corrected chi connectivity index (χ0v) is 32.6. The summed E-state index contributed by atoms with van der Waals surface area (Å²) in [6, 6.07) is 0. The van der Waals surface area contributed by atoms with Crippen molar-refractivity contribution in [1.29, 1.82) is 0 Å². The van der Waals surface area contributed by atoms with Gasteiger partial charge in [0.05, 0.1) is 44.2 Å². The molecule has 0 aliphatic heterocycles. The number of nitrogens with two attached hydrogens (primary N) is 1. The molecule has 1 rings (SSSR count). The number of allylic oxidation sites excluding steroid dienone is 2. The minimum absolute atomic E-state index is 0.0253. The molecular weight excluding hydrogens is 673 g/mol. The number of rotatable bonds is 33. The first kappa shape index (κ1) is 47.5. The van der Waals surface area contributed by atoms with Gasteiger partial charge in [0.1, 0.15) is 6.61 Å². The summed E-state index contributed by atoms with van der Waals surface area (Å²) >= 11 is 0. The van der Waals surface area contributed by atoms with Gasteiger partial charge in [-0.15, -0.1) is 0 Å². The van der Waals surface area contributed by atoms with Crippen molar-refractivity contribution in [2.75, 3.05) is 26.4 Å². The van der Waals surface area contributed by atoms with Crippen LogP contribution in [0.3, 0.4) is 0 Å². The molecule has 1 fully saturated rings. The van der Waals surface area contributed by atoms with Crippen molar-refractivity contribution in [3.63, 3.8) is 0 Å². The number of hydrogen-bond donors (Lipinski definition) is 5. The molecule has 0 amide bonds. The van der Waals surface area contributed by atoms with Crippen LogP contribution in [0.5, 0.6) is 0 Å². The van der Waals surface area contributed by atoms with Crippen LogP contribution in [0.2, 0.25) is 0 Å². The van der Waals surface area contributed by atoms with E-state index >= 15 is 0 Å². The van der Waals surface area contributed by atoms with E-state index in [1.54, 1.807) is 18.2 Å². The van der Waals surface area contributed by atoms with E-state index in [-0.39, 0.29) is 51.0 Å². The van der Waals surface area contributed by atoms with Crippen molar-refractivity contribution < 1.29 is 48.1 Å². The highest BCUT2D eigenvalue weighted by Crippen LogP contribution is 2.43. The van der Waals surface area contributed by atoms with Crippen molar-refractivity contribution in [1.82, 2.24) is 0 Å².